The molecule has 1 aromatic heterocycles. The quantitative estimate of drug-likeness (QED) is 0.796. The van der Waals surface area contributed by atoms with Crippen LogP contribution >= 0.6 is 0 Å². The fourth-order valence-corrected chi connectivity index (χ4v) is 3.05. The first kappa shape index (κ1) is 18.3. The van der Waals surface area contributed by atoms with Crippen molar-refractivity contribution in [3.8, 4) is 11.5 Å². The number of rotatable bonds is 7. The van der Waals surface area contributed by atoms with Gasteiger partial charge in [-0.3, -0.25) is 9.48 Å². The molecular weight excluding hydrogens is 332 g/mol. The highest BCUT2D eigenvalue weighted by Crippen LogP contribution is 2.30. The zero-order chi connectivity index (χ0) is 18.4. The number of ether oxygens (including phenoxy) is 2. The summed E-state index contributed by atoms with van der Waals surface area (Å²) < 4.78 is 13.0. The second kappa shape index (κ2) is 8.71. The molecule has 1 saturated heterocycles. The van der Waals surface area contributed by atoms with Crippen LogP contribution in [-0.2, 0) is 0 Å². The fraction of sp³-hybridized carbons (Fsp3) is 0.474. The number of aromatic nitrogens is 2. The molecule has 0 bridgehead atoms. The lowest BCUT2D eigenvalue weighted by Crippen LogP contribution is -2.32. The van der Waals surface area contributed by atoms with Crippen LogP contribution in [0.25, 0.3) is 0 Å². The molecule has 2 N–H and O–H groups in total. The highest BCUT2D eigenvalue weighted by atomic mass is 16.5. The molecule has 3 rings (SSSR count). The Kier molecular flexibility index (Phi) is 6.12. The van der Waals surface area contributed by atoms with Crippen LogP contribution in [0, 0.1) is 0 Å². The van der Waals surface area contributed by atoms with Gasteiger partial charge in [0.15, 0.2) is 5.69 Å². The third-order valence-corrected chi connectivity index (χ3v) is 4.30. The number of amides is 1. The van der Waals surface area contributed by atoms with E-state index >= 15 is 0 Å². The summed E-state index contributed by atoms with van der Waals surface area (Å²) in [7, 11) is 0. The predicted molar refractivity (Wildman–Crippen MR) is 100 cm³/mol. The average Bonchev–Trinajstić information content (AvgIpc) is 3.15. The monoisotopic (exact) mass is 358 g/mol. The van der Waals surface area contributed by atoms with Crippen molar-refractivity contribution in [1.82, 2.24) is 15.1 Å². The van der Waals surface area contributed by atoms with Gasteiger partial charge >= 0.3 is 0 Å². The third kappa shape index (κ3) is 4.35. The molecule has 1 aliphatic rings. The summed E-state index contributed by atoms with van der Waals surface area (Å²) >= 11 is 0. The van der Waals surface area contributed by atoms with E-state index in [1.54, 1.807) is 18.2 Å². The number of nitrogens with zero attached hydrogens (tertiary/aromatic N) is 2. The van der Waals surface area contributed by atoms with Crippen LogP contribution in [0.5, 0.6) is 11.5 Å². The minimum absolute atomic E-state index is 0.262. The Labute approximate surface area is 153 Å². The normalized spacial score (nSPS) is 16.9. The van der Waals surface area contributed by atoms with Gasteiger partial charge in [0, 0.05) is 18.8 Å². The topological polar surface area (TPSA) is 77.4 Å². The summed E-state index contributed by atoms with van der Waals surface area (Å²) in [5, 5.41) is 10.7. The van der Waals surface area contributed by atoms with Gasteiger partial charge in [0.1, 0.15) is 11.5 Å². The molecule has 1 aliphatic heterocycles. The van der Waals surface area contributed by atoms with Crippen LogP contribution in [0.3, 0.4) is 0 Å². The van der Waals surface area contributed by atoms with Crippen LogP contribution in [-0.4, -0.2) is 42.0 Å². The summed E-state index contributed by atoms with van der Waals surface area (Å²) in [6.45, 7) is 6.82. The lowest BCUT2D eigenvalue weighted by atomic mass is 10.1. The molecule has 0 radical (unpaired) electrons. The van der Waals surface area contributed by atoms with Crippen molar-refractivity contribution < 1.29 is 14.3 Å². The van der Waals surface area contributed by atoms with E-state index in [0.717, 1.165) is 25.9 Å². The summed E-state index contributed by atoms with van der Waals surface area (Å²) in [5.74, 6) is 1.03. The molecule has 0 spiro atoms. The van der Waals surface area contributed by atoms with Crippen molar-refractivity contribution in [2.75, 3.05) is 31.6 Å². The molecule has 7 nitrogen and oxygen atoms in total. The van der Waals surface area contributed by atoms with Crippen LogP contribution in [0.1, 0.15) is 43.2 Å². The zero-order valence-electron chi connectivity index (χ0n) is 15.3. The molecule has 7 heteroatoms. The van der Waals surface area contributed by atoms with Gasteiger partial charge in [0.05, 0.1) is 24.9 Å². The zero-order valence-corrected chi connectivity index (χ0v) is 15.3. The van der Waals surface area contributed by atoms with E-state index in [1.807, 2.05) is 30.8 Å². The molecule has 26 heavy (non-hydrogen) atoms. The second-order valence-corrected chi connectivity index (χ2v) is 6.16. The number of carbonyl (C=O) groups excluding carboxylic acids is 1. The maximum Gasteiger partial charge on any atom is 0.276 e. The summed E-state index contributed by atoms with van der Waals surface area (Å²) in [4.78, 5) is 12.6. The molecule has 2 heterocycles. The van der Waals surface area contributed by atoms with Crippen LogP contribution in [0.4, 0.5) is 5.69 Å². The Morgan fingerprint density at radius 2 is 2.15 bits per heavy atom. The van der Waals surface area contributed by atoms with Crippen molar-refractivity contribution in [2.45, 2.75) is 32.7 Å². The van der Waals surface area contributed by atoms with Crippen LogP contribution in [0.2, 0.25) is 0 Å². The molecule has 140 valence electrons. The molecule has 0 saturated carbocycles. The van der Waals surface area contributed by atoms with Gasteiger partial charge < -0.3 is 20.1 Å². The van der Waals surface area contributed by atoms with Crippen molar-refractivity contribution in [3.05, 3.63) is 36.2 Å². The SMILES string of the molecule is CCOc1ccc(OCC)c(NC(=O)c2ccn(C3CCCNC3)n2)c1. The maximum absolute atomic E-state index is 12.6. The van der Waals surface area contributed by atoms with E-state index in [2.05, 4.69) is 15.7 Å². The molecule has 1 atom stereocenters. The van der Waals surface area contributed by atoms with E-state index in [4.69, 9.17) is 9.47 Å². The Morgan fingerprint density at radius 1 is 1.31 bits per heavy atom. The molecule has 2 aromatic rings. The lowest BCUT2D eigenvalue weighted by molar-refractivity contribution is 0.102. The average molecular weight is 358 g/mol. The Balaban J connectivity index is 1.74. The van der Waals surface area contributed by atoms with E-state index < -0.39 is 0 Å². The number of benzene rings is 1. The Hall–Kier alpha value is -2.54. The Morgan fingerprint density at radius 3 is 2.88 bits per heavy atom. The minimum Gasteiger partial charge on any atom is -0.494 e. The standard InChI is InChI=1S/C19H26N4O3/c1-3-25-15-7-8-18(26-4-2)17(12-15)21-19(24)16-9-11-23(22-16)14-6-5-10-20-13-14/h7-9,11-12,14,20H,3-6,10,13H2,1-2H3,(H,21,24). The van der Waals surface area contributed by atoms with Gasteiger partial charge in [0.25, 0.3) is 5.91 Å². The molecule has 1 unspecified atom stereocenters. The van der Waals surface area contributed by atoms with Gasteiger partial charge in [-0.25, -0.2) is 0 Å². The van der Waals surface area contributed by atoms with E-state index in [0.29, 0.717) is 42.1 Å². The molecule has 0 aliphatic carbocycles. The number of nitrogens with one attached hydrogen (secondary N) is 2. The lowest BCUT2D eigenvalue weighted by Gasteiger charge is -2.22. The smallest absolute Gasteiger partial charge is 0.276 e. The van der Waals surface area contributed by atoms with Gasteiger partial charge in [-0.15, -0.1) is 0 Å². The van der Waals surface area contributed by atoms with Gasteiger partial charge in [-0.1, -0.05) is 0 Å². The van der Waals surface area contributed by atoms with Gasteiger partial charge in [-0.05, 0) is 51.4 Å². The third-order valence-electron chi connectivity index (χ3n) is 4.30. The largest absolute Gasteiger partial charge is 0.494 e. The van der Waals surface area contributed by atoms with Crippen LogP contribution < -0.4 is 20.1 Å². The van der Waals surface area contributed by atoms with E-state index in [-0.39, 0.29) is 5.91 Å². The predicted octanol–water partition coefficient (Wildman–Crippen LogP) is 2.86. The van der Waals surface area contributed by atoms with Crippen molar-refractivity contribution in [1.29, 1.82) is 0 Å². The minimum atomic E-state index is -0.262. The number of hydrogen-bond donors (Lipinski definition) is 2. The van der Waals surface area contributed by atoms with E-state index in [9.17, 15) is 4.79 Å². The van der Waals surface area contributed by atoms with Gasteiger partial charge in [0.2, 0.25) is 0 Å². The maximum atomic E-state index is 12.6. The first-order valence-electron chi connectivity index (χ1n) is 9.18. The van der Waals surface area contributed by atoms with Gasteiger partial charge in [-0.2, -0.15) is 5.10 Å². The highest BCUT2D eigenvalue weighted by molar-refractivity contribution is 6.03. The first-order valence-corrected chi connectivity index (χ1v) is 9.18. The second-order valence-electron chi connectivity index (χ2n) is 6.16. The molecule has 1 fully saturated rings. The first-order chi connectivity index (χ1) is 12.7. The van der Waals surface area contributed by atoms with Crippen molar-refractivity contribution in [3.63, 3.8) is 0 Å². The summed E-state index contributed by atoms with van der Waals surface area (Å²) in [5.41, 5.74) is 0.969. The number of piperidine rings is 1. The van der Waals surface area contributed by atoms with Crippen molar-refractivity contribution in [2.24, 2.45) is 0 Å². The fourth-order valence-electron chi connectivity index (χ4n) is 3.05. The number of anilines is 1. The molecule has 1 aromatic carbocycles. The molecule has 1 amide bonds. The van der Waals surface area contributed by atoms with Crippen LogP contribution in [0.15, 0.2) is 30.5 Å². The Bertz CT molecular complexity index is 738. The number of hydrogen-bond acceptors (Lipinski definition) is 5. The van der Waals surface area contributed by atoms with E-state index in [1.165, 1.54) is 0 Å². The summed E-state index contributed by atoms with van der Waals surface area (Å²) in [6.07, 6.45) is 4.06. The number of carbonyl (C=O) groups is 1. The summed E-state index contributed by atoms with van der Waals surface area (Å²) in [6, 6.07) is 7.45. The highest BCUT2D eigenvalue weighted by Gasteiger charge is 2.18. The van der Waals surface area contributed by atoms with Crippen molar-refractivity contribution >= 4 is 11.6 Å². The molecular formula is C19H26N4O3.